The van der Waals surface area contributed by atoms with Crippen LogP contribution in [0.2, 0.25) is 0 Å². The lowest BCUT2D eigenvalue weighted by Crippen LogP contribution is -2.05. The van der Waals surface area contributed by atoms with Gasteiger partial charge in [-0.3, -0.25) is 14.9 Å². The van der Waals surface area contributed by atoms with Gasteiger partial charge in [0.15, 0.2) is 5.78 Å². The van der Waals surface area contributed by atoms with E-state index in [0.29, 0.717) is 17.0 Å². The second-order valence-electron chi connectivity index (χ2n) is 6.47. The fourth-order valence-corrected chi connectivity index (χ4v) is 3.41. The molecular formula is C21H21NO3. The molecule has 0 saturated heterocycles. The summed E-state index contributed by atoms with van der Waals surface area (Å²) < 4.78 is 0. The Labute approximate surface area is 147 Å². The number of carbonyl (C=O) groups excluding carboxylic acids is 1. The van der Waals surface area contributed by atoms with Crippen molar-refractivity contribution in [3.05, 3.63) is 81.4 Å². The molecule has 0 atom stereocenters. The van der Waals surface area contributed by atoms with E-state index < -0.39 is 4.92 Å². The Kier molecular flexibility index (Phi) is 5.39. The van der Waals surface area contributed by atoms with Crippen LogP contribution in [0, 0.1) is 10.1 Å². The molecule has 4 heteroatoms. The highest BCUT2D eigenvalue weighted by molar-refractivity contribution is 6.07. The summed E-state index contributed by atoms with van der Waals surface area (Å²) in [6.07, 6.45) is 9.25. The zero-order valence-corrected chi connectivity index (χ0v) is 14.1. The van der Waals surface area contributed by atoms with Gasteiger partial charge in [-0.25, -0.2) is 0 Å². The number of allylic oxidation sites excluding steroid dienone is 1. The standard InChI is InChI=1S/C21H21NO3/c23-21(15-14-18-8-4-5-9-20(18)22(24)25)19-12-10-17(11-13-19)16-6-2-1-3-7-16/h4-5,8-16H,1-3,6-7H2. The maximum absolute atomic E-state index is 12.3. The van der Waals surface area contributed by atoms with Crippen LogP contribution >= 0.6 is 0 Å². The number of nitro groups is 1. The average Bonchev–Trinajstić information content (AvgIpc) is 2.67. The molecule has 0 N–H and O–H groups in total. The molecule has 0 spiro atoms. The summed E-state index contributed by atoms with van der Waals surface area (Å²) in [5, 5.41) is 11.0. The van der Waals surface area contributed by atoms with Crippen molar-refractivity contribution in [1.82, 2.24) is 0 Å². The number of ketones is 1. The zero-order valence-electron chi connectivity index (χ0n) is 14.1. The van der Waals surface area contributed by atoms with Crippen molar-refractivity contribution in [2.75, 3.05) is 0 Å². The van der Waals surface area contributed by atoms with Crippen molar-refractivity contribution >= 4 is 17.5 Å². The van der Waals surface area contributed by atoms with Crippen molar-refractivity contribution in [1.29, 1.82) is 0 Å². The summed E-state index contributed by atoms with van der Waals surface area (Å²) in [6, 6.07) is 14.2. The number of carbonyl (C=O) groups is 1. The van der Waals surface area contributed by atoms with Gasteiger partial charge in [0.2, 0.25) is 0 Å². The van der Waals surface area contributed by atoms with Gasteiger partial charge in [0.25, 0.3) is 5.69 Å². The fraction of sp³-hybridized carbons (Fsp3) is 0.286. The van der Waals surface area contributed by atoms with Crippen molar-refractivity contribution < 1.29 is 9.72 Å². The van der Waals surface area contributed by atoms with Gasteiger partial charge >= 0.3 is 0 Å². The van der Waals surface area contributed by atoms with Gasteiger partial charge in [-0.2, -0.15) is 0 Å². The van der Waals surface area contributed by atoms with E-state index in [1.807, 2.05) is 24.3 Å². The van der Waals surface area contributed by atoms with Crippen LogP contribution in [0.1, 0.15) is 59.5 Å². The third-order valence-electron chi connectivity index (χ3n) is 4.82. The van der Waals surface area contributed by atoms with Crippen LogP contribution in [0.3, 0.4) is 0 Å². The first-order valence-electron chi connectivity index (χ1n) is 8.71. The van der Waals surface area contributed by atoms with Gasteiger partial charge < -0.3 is 0 Å². The van der Waals surface area contributed by atoms with Crippen LogP contribution in [0.4, 0.5) is 5.69 Å². The first-order chi connectivity index (χ1) is 12.1. The molecule has 0 heterocycles. The molecule has 0 aromatic heterocycles. The summed E-state index contributed by atoms with van der Waals surface area (Å²) in [5.41, 5.74) is 2.34. The van der Waals surface area contributed by atoms with E-state index >= 15 is 0 Å². The van der Waals surface area contributed by atoms with E-state index in [1.54, 1.807) is 18.2 Å². The number of hydrogen-bond acceptors (Lipinski definition) is 3. The number of rotatable bonds is 5. The van der Waals surface area contributed by atoms with E-state index in [9.17, 15) is 14.9 Å². The molecule has 0 radical (unpaired) electrons. The van der Waals surface area contributed by atoms with Crippen molar-refractivity contribution in [3.8, 4) is 0 Å². The predicted molar refractivity (Wildman–Crippen MR) is 98.7 cm³/mol. The lowest BCUT2D eigenvalue weighted by atomic mass is 9.84. The quantitative estimate of drug-likeness (QED) is 0.312. The Hall–Kier alpha value is -2.75. The summed E-state index contributed by atoms with van der Waals surface area (Å²) in [5.74, 6) is 0.466. The van der Waals surface area contributed by atoms with E-state index in [1.165, 1.54) is 55.9 Å². The molecule has 0 aliphatic heterocycles. The van der Waals surface area contributed by atoms with Gasteiger partial charge in [-0.1, -0.05) is 55.7 Å². The van der Waals surface area contributed by atoms with Crippen LogP contribution in [0.25, 0.3) is 6.08 Å². The van der Waals surface area contributed by atoms with Crippen molar-refractivity contribution in [2.45, 2.75) is 38.0 Å². The second kappa shape index (κ2) is 7.88. The van der Waals surface area contributed by atoms with Crippen LogP contribution in [-0.4, -0.2) is 10.7 Å². The van der Waals surface area contributed by atoms with Gasteiger partial charge in [-0.15, -0.1) is 0 Å². The predicted octanol–water partition coefficient (Wildman–Crippen LogP) is 5.54. The number of benzene rings is 2. The number of nitrogens with zero attached hydrogens (tertiary/aromatic N) is 1. The minimum atomic E-state index is -0.441. The van der Waals surface area contributed by atoms with Crippen molar-refractivity contribution in [2.24, 2.45) is 0 Å². The summed E-state index contributed by atoms with van der Waals surface area (Å²) in [7, 11) is 0. The molecule has 3 rings (SSSR count). The minimum Gasteiger partial charge on any atom is -0.289 e. The van der Waals surface area contributed by atoms with Gasteiger partial charge in [0.1, 0.15) is 0 Å². The SMILES string of the molecule is O=C(C=Cc1ccccc1[N+](=O)[O-])c1ccc(C2CCCCC2)cc1. The maximum Gasteiger partial charge on any atom is 0.276 e. The Morgan fingerprint density at radius 2 is 1.68 bits per heavy atom. The molecular weight excluding hydrogens is 314 g/mol. The van der Waals surface area contributed by atoms with E-state index in [4.69, 9.17) is 0 Å². The molecule has 1 aliphatic carbocycles. The molecule has 1 saturated carbocycles. The summed E-state index contributed by atoms with van der Waals surface area (Å²) >= 11 is 0. The molecule has 1 aliphatic rings. The van der Waals surface area contributed by atoms with Crippen LogP contribution in [0.15, 0.2) is 54.6 Å². The number of hydrogen-bond donors (Lipinski definition) is 0. The molecule has 25 heavy (non-hydrogen) atoms. The summed E-state index contributed by atoms with van der Waals surface area (Å²) in [6.45, 7) is 0. The third-order valence-corrected chi connectivity index (χ3v) is 4.82. The highest BCUT2D eigenvalue weighted by atomic mass is 16.6. The highest BCUT2D eigenvalue weighted by Crippen LogP contribution is 2.32. The normalized spacial score (nSPS) is 15.4. The number of nitro benzene ring substituents is 1. The van der Waals surface area contributed by atoms with Crippen LogP contribution in [0.5, 0.6) is 0 Å². The first-order valence-corrected chi connectivity index (χ1v) is 8.71. The molecule has 2 aromatic rings. The van der Waals surface area contributed by atoms with Crippen LogP contribution < -0.4 is 0 Å². The smallest absolute Gasteiger partial charge is 0.276 e. The van der Waals surface area contributed by atoms with Gasteiger partial charge in [0.05, 0.1) is 10.5 Å². The average molecular weight is 335 g/mol. The van der Waals surface area contributed by atoms with E-state index in [0.717, 1.165) is 0 Å². The lowest BCUT2D eigenvalue weighted by molar-refractivity contribution is -0.385. The monoisotopic (exact) mass is 335 g/mol. The Bertz CT molecular complexity index is 787. The molecule has 1 fully saturated rings. The third kappa shape index (κ3) is 4.21. The van der Waals surface area contributed by atoms with Crippen molar-refractivity contribution in [3.63, 3.8) is 0 Å². The molecule has 128 valence electrons. The van der Waals surface area contributed by atoms with Gasteiger partial charge in [-0.05, 0) is 42.5 Å². The Morgan fingerprint density at radius 1 is 1.00 bits per heavy atom. The zero-order chi connectivity index (χ0) is 17.6. The van der Waals surface area contributed by atoms with Crippen LogP contribution in [-0.2, 0) is 0 Å². The molecule has 2 aromatic carbocycles. The lowest BCUT2D eigenvalue weighted by Gasteiger charge is -2.21. The Morgan fingerprint density at radius 3 is 2.36 bits per heavy atom. The number of para-hydroxylation sites is 1. The first kappa shape index (κ1) is 17.1. The van der Waals surface area contributed by atoms with E-state index in [-0.39, 0.29) is 11.5 Å². The fourth-order valence-electron chi connectivity index (χ4n) is 3.41. The minimum absolute atomic E-state index is 0.000744. The molecule has 0 bridgehead atoms. The molecule has 0 amide bonds. The highest BCUT2D eigenvalue weighted by Gasteiger charge is 2.15. The van der Waals surface area contributed by atoms with E-state index in [2.05, 4.69) is 0 Å². The van der Waals surface area contributed by atoms with Gasteiger partial charge in [0, 0.05) is 11.6 Å². The second-order valence-corrected chi connectivity index (χ2v) is 6.47. The largest absolute Gasteiger partial charge is 0.289 e. The maximum atomic E-state index is 12.3. The Balaban J connectivity index is 1.72. The summed E-state index contributed by atoms with van der Waals surface area (Å²) in [4.78, 5) is 22.9. The molecule has 0 unspecified atom stereocenters. The molecule has 4 nitrogen and oxygen atoms in total. The topological polar surface area (TPSA) is 60.2 Å².